The number of ether oxygens (including phenoxy) is 1. The molecule has 3 rings (SSSR count). The molecule has 0 atom stereocenters. The molecule has 1 aromatic heterocycles. The van der Waals surface area contributed by atoms with Gasteiger partial charge in [-0.25, -0.2) is 9.48 Å². The molecular weight excluding hydrogens is 256 g/mol. The van der Waals surface area contributed by atoms with Gasteiger partial charge in [0.2, 0.25) is 0 Å². The standard InChI is InChI=1S/C15H14N2O3/c1-20-15(19)10-5-7-11(8-6-10)17-13-3-2-4-14(18)12(13)9-16-17/h5-9H,2-4H2,1H3. The molecule has 1 heterocycles. The number of hydrogen-bond donors (Lipinski definition) is 0. The number of fused-ring (bicyclic) bond motifs is 1. The maximum absolute atomic E-state index is 11.8. The number of esters is 1. The first kappa shape index (κ1) is 12.6. The highest BCUT2D eigenvalue weighted by atomic mass is 16.5. The minimum atomic E-state index is -0.366. The topological polar surface area (TPSA) is 61.2 Å². The number of carbonyl (C=O) groups excluding carboxylic acids is 2. The van der Waals surface area contributed by atoms with Crippen molar-refractivity contribution in [3.05, 3.63) is 47.3 Å². The molecule has 1 aliphatic carbocycles. The Morgan fingerprint density at radius 2 is 2.00 bits per heavy atom. The van der Waals surface area contributed by atoms with Gasteiger partial charge in [0, 0.05) is 6.42 Å². The fourth-order valence-electron chi connectivity index (χ4n) is 2.48. The van der Waals surface area contributed by atoms with Gasteiger partial charge in [0.25, 0.3) is 0 Å². The summed E-state index contributed by atoms with van der Waals surface area (Å²) in [5.41, 5.74) is 3.00. The smallest absolute Gasteiger partial charge is 0.337 e. The van der Waals surface area contributed by atoms with Crippen LogP contribution in [-0.4, -0.2) is 28.6 Å². The first-order chi connectivity index (χ1) is 9.70. The summed E-state index contributed by atoms with van der Waals surface area (Å²) in [6.45, 7) is 0. The fourth-order valence-corrected chi connectivity index (χ4v) is 2.48. The summed E-state index contributed by atoms with van der Waals surface area (Å²) in [4.78, 5) is 23.2. The zero-order valence-corrected chi connectivity index (χ0v) is 11.1. The summed E-state index contributed by atoms with van der Waals surface area (Å²) in [6, 6.07) is 7.00. The second kappa shape index (κ2) is 4.92. The molecule has 0 radical (unpaired) electrons. The van der Waals surface area contributed by atoms with Crippen molar-refractivity contribution in [2.75, 3.05) is 7.11 Å². The van der Waals surface area contributed by atoms with Gasteiger partial charge >= 0.3 is 5.97 Å². The average Bonchev–Trinajstić information content (AvgIpc) is 2.92. The van der Waals surface area contributed by atoms with Crippen molar-refractivity contribution >= 4 is 11.8 Å². The van der Waals surface area contributed by atoms with Crippen LogP contribution in [0.1, 0.15) is 39.3 Å². The lowest BCUT2D eigenvalue weighted by molar-refractivity contribution is 0.0600. The van der Waals surface area contributed by atoms with Crippen LogP contribution < -0.4 is 0 Å². The number of rotatable bonds is 2. The monoisotopic (exact) mass is 270 g/mol. The molecule has 0 amide bonds. The van der Waals surface area contributed by atoms with Gasteiger partial charge < -0.3 is 4.74 Å². The van der Waals surface area contributed by atoms with E-state index in [1.165, 1.54) is 7.11 Å². The average molecular weight is 270 g/mol. The van der Waals surface area contributed by atoms with Crippen LogP contribution in [0.4, 0.5) is 0 Å². The van der Waals surface area contributed by atoms with E-state index in [0.717, 1.165) is 24.2 Å². The number of methoxy groups -OCH3 is 1. The van der Waals surface area contributed by atoms with Crippen LogP contribution in [0, 0.1) is 0 Å². The van der Waals surface area contributed by atoms with Crippen molar-refractivity contribution < 1.29 is 14.3 Å². The molecule has 0 bridgehead atoms. The maximum Gasteiger partial charge on any atom is 0.337 e. The van der Waals surface area contributed by atoms with E-state index < -0.39 is 0 Å². The van der Waals surface area contributed by atoms with Gasteiger partial charge in [-0.3, -0.25) is 4.79 Å². The molecule has 0 saturated heterocycles. The Balaban J connectivity index is 1.98. The highest BCUT2D eigenvalue weighted by Crippen LogP contribution is 2.23. The third kappa shape index (κ3) is 2.01. The van der Waals surface area contributed by atoms with Gasteiger partial charge in [0.05, 0.1) is 35.8 Å². The number of hydrogen-bond acceptors (Lipinski definition) is 4. The lowest BCUT2D eigenvalue weighted by atomic mass is 9.97. The summed E-state index contributed by atoms with van der Waals surface area (Å²) in [5.74, 6) is -0.210. The Hall–Kier alpha value is -2.43. The van der Waals surface area contributed by atoms with Crippen LogP contribution in [0.15, 0.2) is 30.5 Å². The molecular formula is C15H14N2O3. The van der Waals surface area contributed by atoms with Gasteiger partial charge in [0.15, 0.2) is 5.78 Å². The molecule has 102 valence electrons. The maximum atomic E-state index is 11.8. The SMILES string of the molecule is COC(=O)c1ccc(-n2ncc3c2CCCC3=O)cc1. The quantitative estimate of drug-likeness (QED) is 0.785. The van der Waals surface area contributed by atoms with Crippen LogP contribution in [0.25, 0.3) is 5.69 Å². The van der Waals surface area contributed by atoms with E-state index >= 15 is 0 Å². The van der Waals surface area contributed by atoms with Crippen molar-refractivity contribution in [1.29, 1.82) is 0 Å². The van der Waals surface area contributed by atoms with Gasteiger partial charge in [-0.05, 0) is 37.1 Å². The minimum absolute atomic E-state index is 0.156. The fraction of sp³-hybridized carbons (Fsp3) is 0.267. The van der Waals surface area contributed by atoms with Gasteiger partial charge in [-0.15, -0.1) is 0 Å². The van der Waals surface area contributed by atoms with Crippen molar-refractivity contribution in [2.24, 2.45) is 0 Å². The highest BCUT2D eigenvalue weighted by Gasteiger charge is 2.22. The summed E-state index contributed by atoms with van der Waals surface area (Å²) in [6.07, 6.45) is 3.93. The number of benzene rings is 1. The van der Waals surface area contributed by atoms with E-state index in [4.69, 9.17) is 0 Å². The van der Waals surface area contributed by atoms with Crippen LogP contribution in [0.2, 0.25) is 0 Å². The summed E-state index contributed by atoms with van der Waals surface area (Å²) in [5, 5.41) is 4.29. The van der Waals surface area contributed by atoms with E-state index in [1.54, 1.807) is 35.1 Å². The van der Waals surface area contributed by atoms with E-state index in [2.05, 4.69) is 9.84 Å². The van der Waals surface area contributed by atoms with Crippen molar-refractivity contribution in [1.82, 2.24) is 9.78 Å². The van der Waals surface area contributed by atoms with E-state index in [-0.39, 0.29) is 11.8 Å². The second-order valence-corrected chi connectivity index (χ2v) is 4.73. The van der Waals surface area contributed by atoms with Crippen molar-refractivity contribution in [2.45, 2.75) is 19.3 Å². The number of carbonyl (C=O) groups is 2. The van der Waals surface area contributed by atoms with Gasteiger partial charge in [-0.1, -0.05) is 0 Å². The van der Waals surface area contributed by atoms with E-state index in [9.17, 15) is 9.59 Å². The van der Waals surface area contributed by atoms with Crippen LogP contribution >= 0.6 is 0 Å². The molecule has 0 spiro atoms. The molecule has 0 aliphatic heterocycles. The summed E-state index contributed by atoms with van der Waals surface area (Å²) < 4.78 is 6.44. The number of aromatic nitrogens is 2. The highest BCUT2D eigenvalue weighted by molar-refractivity contribution is 5.98. The van der Waals surface area contributed by atoms with Gasteiger partial charge in [0.1, 0.15) is 0 Å². The molecule has 0 saturated carbocycles. The predicted molar refractivity (Wildman–Crippen MR) is 72.2 cm³/mol. The number of Topliss-reactive ketones (excluding diaryl/α,β-unsaturated/α-hetero) is 1. The molecule has 5 heteroatoms. The van der Waals surface area contributed by atoms with E-state index in [0.29, 0.717) is 17.5 Å². The first-order valence-corrected chi connectivity index (χ1v) is 6.49. The minimum Gasteiger partial charge on any atom is -0.465 e. The van der Waals surface area contributed by atoms with Gasteiger partial charge in [-0.2, -0.15) is 5.10 Å². The molecule has 0 fully saturated rings. The number of nitrogens with zero attached hydrogens (tertiary/aromatic N) is 2. The molecule has 5 nitrogen and oxygen atoms in total. The molecule has 1 aliphatic rings. The molecule has 20 heavy (non-hydrogen) atoms. The van der Waals surface area contributed by atoms with E-state index in [1.807, 2.05) is 0 Å². The van der Waals surface area contributed by atoms with Crippen LogP contribution in [0.5, 0.6) is 0 Å². The largest absolute Gasteiger partial charge is 0.465 e. The molecule has 0 unspecified atom stereocenters. The zero-order valence-electron chi connectivity index (χ0n) is 11.1. The Bertz CT molecular complexity index is 671. The lowest BCUT2D eigenvalue weighted by Crippen LogP contribution is -2.12. The Kier molecular flexibility index (Phi) is 3.10. The zero-order chi connectivity index (χ0) is 14.1. The molecule has 0 N–H and O–H groups in total. The Labute approximate surface area is 116 Å². The first-order valence-electron chi connectivity index (χ1n) is 6.49. The van der Waals surface area contributed by atoms with Crippen molar-refractivity contribution in [3.63, 3.8) is 0 Å². The van der Waals surface area contributed by atoms with Crippen LogP contribution in [0.3, 0.4) is 0 Å². The summed E-state index contributed by atoms with van der Waals surface area (Å²) >= 11 is 0. The molecule has 1 aromatic carbocycles. The Morgan fingerprint density at radius 3 is 2.70 bits per heavy atom. The van der Waals surface area contributed by atoms with Crippen LogP contribution in [-0.2, 0) is 11.2 Å². The predicted octanol–water partition coefficient (Wildman–Crippen LogP) is 2.18. The lowest BCUT2D eigenvalue weighted by Gasteiger charge is -2.13. The third-order valence-corrected chi connectivity index (χ3v) is 3.52. The summed E-state index contributed by atoms with van der Waals surface area (Å²) in [7, 11) is 1.35. The molecule has 2 aromatic rings. The second-order valence-electron chi connectivity index (χ2n) is 4.73. The third-order valence-electron chi connectivity index (χ3n) is 3.52. The number of ketones is 1. The normalized spacial score (nSPS) is 13.9. The Morgan fingerprint density at radius 1 is 1.25 bits per heavy atom. The van der Waals surface area contributed by atoms with Crippen molar-refractivity contribution in [3.8, 4) is 5.69 Å².